The Morgan fingerprint density at radius 2 is 2.50 bits per heavy atom. The van der Waals surface area contributed by atoms with E-state index >= 15 is 0 Å². The van der Waals surface area contributed by atoms with E-state index in [9.17, 15) is 4.79 Å². The lowest BCUT2D eigenvalue weighted by Crippen LogP contribution is -2.35. The summed E-state index contributed by atoms with van der Waals surface area (Å²) in [6.07, 6.45) is 1.65. The van der Waals surface area contributed by atoms with E-state index in [1.165, 1.54) is 0 Å². The van der Waals surface area contributed by atoms with Crippen LogP contribution in [0.3, 0.4) is 0 Å². The van der Waals surface area contributed by atoms with Crippen LogP contribution < -0.4 is 0 Å². The molecule has 0 amide bonds. The van der Waals surface area contributed by atoms with Gasteiger partial charge in [0.2, 0.25) is 0 Å². The number of aliphatic carboxylic acids is 1. The van der Waals surface area contributed by atoms with Crippen LogP contribution in [0.1, 0.15) is 12.8 Å². The number of hydrogen-bond acceptors (Lipinski definition) is 3. The van der Waals surface area contributed by atoms with Crippen molar-refractivity contribution in [2.75, 3.05) is 6.54 Å². The lowest BCUT2D eigenvalue weighted by atomic mass is 10.2. The van der Waals surface area contributed by atoms with Crippen LogP contribution in [-0.2, 0) is 9.32 Å². The highest BCUT2D eigenvalue weighted by Crippen LogP contribution is 2.16. The molecule has 1 fully saturated rings. The lowest BCUT2D eigenvalue weighted by molar-refractivity contribution is -0.154. The van der Waals surface area contributed by atoms with E-state index in [4.69, 9.17) is 9.63 Å². The smallest absolute Gasteiger partial charge is 0.323 e. The van der Waals surface area contributed by atoms with Gasteiger partial charge in [0.15, 0.2) is 10.5 Å². The van der Waals surface area contributed by atoms with Crippen molar-refractivity contribution in [2.45, 2.75) is 18.9 Å². The minimum absolute atomic E-state index is 0.391. The van der Waals surface area contributed by atoms with Crippen LogP contribution in [-0.4, -0.2) is 39.2 Å². The fourth-order valence-electron chi connectivity index (χ4n) is 1.21. The Kier molecular flexibility index (Phi) is 2.42. The van der Waals surface area contributed by atoms with E-state index in [-0.39, 0.29) is 0 Å². The zero-order valence-corrected chi connectivity index (χ0v) is 7.91. The van der Waals surface area contributed by atoms with Gasteiger partial charge >= 0.3 is 5.97 Å². The van der Waals surface area contributed by atoms with Gasteiger partial charge in [-0.1, -0.05) is 0 Å². The van der Waals surface area contributed by atoms with Crippen LogP contribution >= 0.6 is 0 Å². The van der Waals surface area contributed by atoms with E-state index in [1.807, 2.05) is 0 Å². The molecule has 0 aliphatic carbocycles. The third-order valence-electron chi connectivity index (χ3n) is 1.72. The highest BCUT2D eigenvalue weighted by atomic mass is 28.2. The lowest BCUT2D eigenvalue weighted by Gasteiger charge is -2.17. The monoisotopic (exact) mass is 161 g/mol. The predicted octanol–water partition coefficient (Wildman–Crippen LogP) is -1.25. The molecule has 0 spiro atoms. The molecule has 0 aromatic rings. The highest BCUT2D eigenvalue weighted by Gasteiger charge is 2.29. The zero-order chi connectivity index (χ0) is 7.56. The van der Waals surface area contributed by atoms with E-state index in [2.05, 4.69) is 0 Å². The normalized spacial score (nSPS) is 27.4. The van der Waals surface area contributed by atoms with E-state index in [1.54, 1.807) is 5.06 Å². The standard InChI is InChI=1S/C5H11NO3Si/c7-5(8)4-2-1-3-6(4)9-10/h4H,1-3H2,10H3,(H,7,8)/t4-/m0/s1. The summed E-state index contributed by atoms with van der Waals surface area (Å²) in [5.74, 6) is -0.770. The van der Waals surface area contributed by atoms with Crippen LogP contribution in [0.4, 0.5) is 0 Å². The molecule has 0 radical (unpaired) electrons. The summed E-state index contributed by atoms with van der Waals surface area (Å²) in [4.78, 5) is 10.5. The number of carbonyl (C=O) groups is 1. The molecule has 10 heavy (non-hydrogen) atoms. The number of hydrogen-bond donors (Lipinski definition) is 1. The number of hydroxylamine groups is 2. The Hall–Kier alpha value is -0.393. The van der Waals surface area contributed by atoms with Gasteiger partial charge in [-0.05, 0) is 12.8 Å². The Bertz CT molecular complexity index is 141. The summed E-state index contributed by atoms with van der Waals surface area (Å²) < 4.78 is 4.98. The van der Waals surface area contributed by atoms with Crippen molar-refractivity contribution in [1.29, 1.82) is 0 Å². The third kappa shape index (κ3) is 1.36. The van der Waals surface area contributed by atoms with Crippen LogP contribution in [0, 0.1) is 0 Å². The second kappa shape index (κ2) is 3.13. The molecule has 0 saturated carbocycles. The molecule has 5 heteroatoms. The first-order valence-corrected chi connectivity index (χ1v) is 4.11. The first-order chi connectivity index (χ1) is 4.75. The predicted molar refractivity (Wildman–Crippen MR) is 38.4 cm³/mol. The van der Waals surface area contributed by atoms with Gasteiger partial charge in [0.05, 0.1) is 0 Å². The maximum Gasteiger partial charge on any atom is 0.323 e. The number of rotatable bonds is 2. The molecule has 1 heterocycles. The van der Waals surface area contributed by atoms with Crippen molar-refractivity contribution >= 4 is 16.5 Å². The SMILES string of the molecule is O=C(O)[C@@H]1CCCN1O[SiH3]. The van der Waals surface area contributed by atoms with E-state index in [0.717, 1.165) is 19.4 Å². The molecule has 1 saturated heterocycles. The molecule has 1 rings (SSSR count). The number of carboxylic acids is 1. The van der Waals surface area contributed by atoms with Gasteiger partial charge < -0.3 is 9.63 Å². The maximum absolute atomic E-state index is 10.5. The first kappa shape index (κ1) is 7.71. The van der Waals surface area contributed by atoms with Crippen LogP contribution in [0.2, 0.25) is 0 Å². The summed E-state index contributed by atoms with van der Waals surface area (Å²) in [6, 6.07) is -0.391. The zero-order valence-electron chi connectivity index (χ0n) is 5.91. The molecule has 1 aliphatic heterocycles. The van der Waals surface area contributed by atoms with Gasteiger partial charge in [0, 0.05) is 6.54 Å². The van der Waals surface area contributed by atoms with Crippen molar-refractivity contribution < 1.29 is 14.4 Å². The summed E-state index contributed by atoms with van der Waals surface area (Å²) in [5.41, 5.74) is 0. The second-order valence-electron chi connectivity index (χ2n) is 2.32. The fraction of sp³-hybridized carbons (Fsp3) is 0.800. The molecule has 0 aromatic heterocycles. The quantitative estimate of drug-likeness (QED) is 0.514. The molecule has 1 N–H and O–H groups in total. The average molecular weight is 161 g/mol. The maximum atomic E-state index is 10.5. The average Bonchev–Trinajstić information content (AvgIpc) is 2.33. The highest BCUT2D eigenvalue weighted by molar-refractivity contribution is 5.97. The van der Waals surface area contributed by atoms with Gasteiger partial charge in [-0.15, -0.1) is 0 Å². The molecule has 0 bridgehead atoms. The second-order valence-corrected chi connectivity index (χ2v) is 2.68. The van der Waals surface area contributed by atoms with Gasteiger partial charge in [-0.25, -0.2) is 0 Å². The Morgan fingerprint density at radius 1 is 1.80 bits per heavy atom. The van der Waals surface area contributed by atoms with Gasteiger partial charge in [-0.2, -0.15) is 5.06 Å². The molecular formula is C5H11NO3Si. The summed E-state index contributed by atoms with van der Waals surface area (Å²) >= 11 is 0. The molecule has 0 aromatic carbocycles. The summed E-state index contributed by atoms with van der Waals surface area (Å²) in [6.45, 7) is 0.764. The molecule has 4 nitrogen and oxygen atoms in total. The number of nitrogens with zero attached hydrogens (tertiary/aromatic N) is 1. The van der Waals surface area contributed by atoms with E-state index < -0.39 is 12.0 Å². The van der Waals surface area contributed by atoms with E-state index in [0.29, 0.717) is 10.5 Å². The van der Waals surface area contributed by atoms with Gasteiger partial charge in [0.25, 0.3) is 0 Å². The first-order valence-electron chi connectivity index (χ1n) is 3.29. The molecular weight excluding hydrogens is 150 g/mol. The minimum Gasteiger partial charge on any atom is -0.480 e. The largest absolute Gasteiger partial charge is 0.480 e. The Balaban J connectivity index is 2.50. The molecule has 1 atom stereocenters. The van der Waals surface area contributed by atoms with Crippen molar-refractivity contribution in [3.8, 4) is 0 Å². The topological polar surface area (TPSA) is 49.8 Å². The van der Waals surface area contributed by atoms with Crippen LogP contribution in [0.15, 0.2) is 0 Å². The van der Waals surface area contributed by atoms with Crippen molar-refractivity contribution in [2.24, 2.45) is 0 Å². The number of carboxylic acid groups (broad SMARTS) is 1. The van der Waals surface area contributed by atoms with Crippen molar-refractivity contribution in [1.82, 2.24) is 5.06 Å². The Labute approximate surface area is 62.3 Å². The molecule has 1 aliphatic rings. The molecule has 58 valence electrons. The van der Waals surface area contributed by atoms with Crippen LogP contribution in [0.5, 0.6) is 0 Å². The Morgan fingerprint density at radius 3 is 2.90 bits per heavy atom. The van der Waals surface area contributed by atoms with Crippen molar-refractivity contribution in [3.63, 3.8) is 0 Å². The van der Waals surface area contributed by atoms with Crippen LogP contribution in [0.25, 0.3) is 0 Å². The molecule has 0 unspecified atom stereocenters. The fourth-order valence-corrected chi connectivity index (χ4v) is 1.64. The summed E-state index contributed by atoms with van der Waals surface area (Å²) in [5, 5.41) is 10.2. The van der Waals surface area contributed by atoms with Crippen molar-refractivity contribution in [3.05, 3.63) is 0 Å². The third-order valence-corrected chi connectivity index (χ3v) is 2.19. The summed E-state index contributed by atoms with van der Waals surface area (Å²) in [7, 11) is 0.578. The van der Waals surface area contributed by atoms with Gasteiger partial charge in [-0.3, -0.25) is 4.79 Å². The van der Waals surface area contributed by atoms with Gasteiger partial charge in [0.1, 0.15) is 6.04 Å². The minimum atomic E-state index is -0.770.